The van der Waals surface area contributed by atoms with Gasteiger partial charge >= 0.3 is 6.18 Å². The third kappa shape index (κ3) is 3.70. The van der Waals surface area contributed by atoms with Crippen LogP contribution in [0.4, 0.5) is 18.9 Å². The molecule has 1 aliphatic rings. The molecule has 0 unspecified atom stereocenters. The molecule has 0 spiro atoms. The van der Waals surface area contributed by atoms with Gasteiger partial charge < -0.3 is 5.32 Å². The number of carbonyl (C=O) groups is 1. The van der Waals surface area contributed by atoms with E-state index in [2.05, 4.69) is 5.32 Å². The van der Waals surface area contributed by atoms with Crippen molar-refractivity contribution in [1.29, 1.82) is 0 Å². The minimum absolute atomic E-state index is 0.0212. The molecule has 0 saturated carbocycles. The zero-order valence-corrected chi connectivity index (χ0v) is 15.1. The molecule has 26 heavy (non-hydrogen) atoms. The van der Waals surface area contributed by atoms with Crippen molar-refractivity contribution in [2.45, 2.75) is 6.18 Å². The number of nitrogens with zero attached hydrogens (tertiary/aromatic N) is 1. The van der Waals surface area contributed by atoms with Crippen LogP contribution in [0.2, 0.25) is 10.0 Å². The smallest absolute Gasteiger partial charge is 0.327 e. The maximum absolute atomic E-state index is 12.9. The van der Waals surface area contributed by atoms with Gasteiger partial charge in [-0.2, -0.15) is 13.2 Å². The molecule has 0 aliphatic carbocycles. The summed E-state index contributed by atoms with van der Waals surface area (Å²) in [6, 6.07) is 9.10. The van der Waals surface area contributed by atoms with E-state index in [1.807, 2.05) is 0 Å². The van der Waals surface area contributed by atoms with Gasteiger partial charge in [0.2, 0.25) is 0 Å². The summed E-state index contributed by atoms with van der Waals surface area (Å²) in [6.45, 7) is 0. The van der Waals surface area contributed by atoms with Crippen LogP contribution < -0.4 is 10.2 Å². The number of carbonyl (C=O) groups excluding carboxylic acids is 1. The van der Waals surface area contributed by atoms with E-state index in [0.717, 1.165) is 17.0 Å². The lowest BCUT2D eigenvalue weighted by atomic mass is 10.1. The van der Waals surface area contributed by atoms with E-state index in [9.17, 15) is 18.0 Å². The summed E-state index contributed by atoms with van der Waals surface area (Å²) in [5.41, 5.74) is -0.242. The molecule has 1 aliphatic heterocycles. The highest BCUT2D eigenvalue weighted by atomic mass is 35.5. The second kappa shape index (κ2) is 6.90. The number of rotatable bonds is 2. The Morgan fingerprint density at radius 3 is 2.50 bits per heavy atom. The third-order valence-corrected chi connectivity index (χ3v) is 4.42. The van der Waals surface area contributed by atoms with Crippen LogP contribution in [0.15, 0.2) is 48.2 Å². The van der Waals surface area contributed by atoms with Crippen LogP contribution in [-0.4, -0.2) is 11.0 Å². The second-order valence-electron chi connectivity index (χ2n) is 5.34. The highest BCUT2D eigenvalue weighted by Gasteiger charge is 2.35. The van der Waals surface area contributed by atoms with Gasteiger partial charge in [-0.25, -0.2) is 0 Å². The van der Waals surface area contributed by atoms with Crippen molar-refractivity contribution < 1.29 is 18.0 Å². The molecule has 2 aromatic carbocycles. The lowest BCUT2D eigenvalue weighted by Gasteiger charge is -2.16. The van der Waals surface area contributed by atoms with Crippen LogP contribution in [0.5, 0.6) is 0 Å². The van der Waals surface area contributed by atoms with Crippen molar-refractivity contribution in [3.8, 4) is 0 Å². The fraction of sp³-hybridized carbons (Fsp3) is 0.0588. The monoisotopic (exact) mass is 416 g/mol. The fourth-order valence-corrected chi connectivity index (χ4v) is 3.13. The first-order chi connectivity index (χ1) is 12.2. The van der Waals surface area contributed by atoms with Crippen LogP contribution in [0.1, 0.15) is 11.1 Å². The summed E-state index contributed by atoms with van der Waals surface area (Å²) in [4.78, 5) is 13.6. The Morgan fingerprint density at radius 1 is 1.12 bits per heavy atom. The van der Waals surface area contributed by atoms with Crippen molar-refractivity contribution >= 4 is 58.2 Å². The number of benzene rings is 2. The summed E-state index contributed by atoms with van der Waals surface area (Å²) < 4.78 is 38.7. The minimum Gasteiger partial charge on any atom is -0.327 e. The van der Waals surface area contributed by atoms with Crippen molar-refractivity contribution in [3.63, 3.8) is 0 Å². The molecule has 134 valence electrons. The first kappa shape index (κ1) is 18.7. The Kier molecular flexibility index (Phi) is 4.96. The number of hydrogen-bond donors (Lipinski definition) is 1. The summed E-state index contributed by atoms with van der Waals surface area (Å²) in [5, 5.41) is 3.43. The predicted molar refractivity (Wildman–Crippen MR) is 99.1 cm³/mol. The highest BCUT2D eigenvalue weighted by molar-refractivity contribution is 7.80. The van der Waals surface area contributed by atoms with Gasteiger partial charge in [0.05, 0.1) is 11.3 Å². The highest BCUT2D eigenvalue weighted by Crippen LogP contribution is 2.33. The molecule has 1 N–H and O–H groups in total. The average molecular weight is 417 g/mol. The number of halogens is 5. The van der Waals surface area contributed by atoms with Gasteiger partial charge in [-0.15, -0.1) is 0 Å². The molecular weight excluding hydrogens is 408 g/mol. The van der Waals surface area contributed by atoms with E-state index in [-0.39, 0.29) is 16.5 Å². The average Bonchev–Trinajstić information content (AvgIpc) is 2.83. The second-order valence-corrected chi connectivity index (χ2v) is 6.57. The molecule has 1 amide bonds. The largest absolute Gasteiger partial charge is 0.416 e. The van der Waals surface area contributed by atoms with Crippen molar-refractivity contribution in [3.05, 3.63) is 69.3 Å². The van der Waals surface area contributed by atoms with Gasteiger partial charge in [0.25, 0.3) is 5.91 Å². The lowest BCUT2D eigenvalue weighted by Crippen LogP contribution is -2.30. The number of alkyl halides is 3. The molecule has 1 heterocycles. The molecule has 0 bridgehead atoms. The molecule has 3 nitrogen and oxygen atoms in total. The molecule has 0 aromatic heterocycles. The van der Waals surface area contributed by atoms with Gasteiger partial charge in [0.1, 0.15) is 5.70 Å². The van der Waals surface area contributed by atoms with E-state index in [0.29, 0.717) is 15.6 Å². The van der Waals surface area contributed by atoms with Gasteiger partial charge in [0.15, 0.2) is 5.11 Å². The molecule has 9 heteroatoms. The maximum Gasteiger partial charge on any atom is 0.416 e. The topological polar surface area (TPSA) is 32.3 Å². The Morgan fingerprint density at radius 2 is 1.85 bits per heavy atom. The number of hydrogen-bond acceptors (Lipinski definition) is 2. The van der Waals surface area contributed by atoms with E-state index in [4.69, 9.17) is 35.4 Å². The van der Waals surface area contributed by atoms with E-state index >= 15 is 0 Å². The van der Waals surface area contributed by atoms with Crippen LogP contribution in [-0.2, 0) is 11.0 Å². The number of amides is 1. The van der Waals surface area contributed by atoms with Gasteiger partial charge in [-0.05, 0) is 54.2 Å². The molecule has 0 atom stereocenters. The first-order valence-corrected chi connectivity index (χ1v) is 8.32. The predicted octanol–water partition coefficient (Wildman–Crippen LogP) is 5.27. The van der Waals surface area contributed by atoms with Crippen LogP contribution in [0.3, 0.4) is 0 Å². The van der Waals surface area contributed by atoms with Gasteiger partial charge in [-0.3, -0.25) is 9.69 Å². The summed E-state index contributed by atoms with van der Waals surface area (Å²) in [7, 11) is 0. The molecular formula is C17H9Cl2F3N2OS. The fourth-order valence-electron chi connectivity index (χ4n) is 2.36. The normalized spacial score (nSPS) is 16.3. The standard InChI is InChI=1S/C17H9Cl2F3N2OS/c18-11-5-4-9(13(19)8-11)6-14-15(25)24(16(26)23-14)12-3-1-2-10(7-12)17(20,21)22/h1-8H,(H,23,26). The summed E-state index contributed by atoms with van der Waals surface area (Å²) in [5.74, 6) is -0.583. The van der Waals surface area contributed by atoms with Crippen LogP contribution in [0, 0.1) is 0 Å². The van der Waals surface area contributed by atoms with Crippen molar-refractivity contribution in [2.75, 3.05) is 4.90 Å². The number of nitrogens with one attached hydrogen (secondary N) is 1. The summed E-state index contributed by atoms with van der Waals surface area (Å²) in [6.07, 6.45) is -3.07. The Bertz CT molecular complexity index is 944. The van der Waals surface area contributed by atoms with Crippen LogP contribution in [0.25, 0.3) is 6.08 Å². The molecule has 0 radical (unpaired) electrons. The molecule has 1 saturated heterocycles. The Hall–Kier alpha value is -2.09. The summed E-state index contributed by atoms with van der Waals surface area (Å²) >= 11 is 17.0. The van der Waals surface area contributed by atoms with Gasteiger partial charge in [0, 0.05) is 10.0 Å². The molecule has 1 fully saturated rings. The van der Waals surface area contributed by atoms with E-state index < -0.39 is 17.6 Å². The van der Waals surface area contributed by atoms with E-state index in [1.165, 1.54) is 24.3 Å². The maximum atomic E-state index is 12.9. The van der Waals surface area contributed by atoms with Crippen LogP contribution >= 0.6 is 35.4 Å². The quantitative estimate of drug-likeness (QED) is 0.534. The van der Waals surface area contributed by atoms with Crippen molar-refractivity contribution in [1.82, 2.24) is 5.32 Å². The zero-order valence-electron chi connectivity index (χ0n) is 12.8. The Labute approximate surface area is 162 Å². The lowest BCUT2D eigenvalue weighted by molar-refractivity contribution is -0.137. The third-order valence-electron chi connectivity index (χ3n) is 3.57. The number of anilines is 1. The molecule has 3 rings (SSSR count). The van der Waals surface area contributed by atoms with Gasteiger partial charge in [-0.1, -0.05) is 35.3 Å². The first-order valence-electron chi connectivity index (χ1n) is 7.16. The minimum atomic E-state index is -4.52. The Balaban J connectivity index is 1.96. The number of thiocarbonyl (C=S) groups is 1. The van der Waals surface area contributed by atoms with E-state index in [1.54, 1.807) is 12.1 Å². The van der Waals surface area contributed by atoms with Crippen molar-refractivity contribution in [2.24, 2.45) is 0 Å². The SMILES string of the molecule is O=C1C(=Cc2ccc(Cl)cc2Cl)NC(=S)N1c1cccc(C(F)(F)F)c1. The zero-order chi connectivity index (χ0) is 19.1. The molecule has 2 aromatic rings.